The summed E-state index contributed by atoms with van der Waals surface area (Å²) in [6, 6.07) is 32.8. The Labute approximate surface area is 217 Å². The van der Waals surface area contributed by atoms with Crippen LogP contribution in [0.2, 0.25) is 0 Å². The van der Waals surface area contributed by atoms with Gasteiger partial charge < -0.3 is 14.6 Å². The molecule has 0 aromatic heterocycles. The van der Waals surface area contributed by atoms with Crippen LogP contribution in [0.3, 0.4) is 0 Å². The monoisotopic (exact) mass is 494 g/mol. The number of benzene rings is 4. The van der Waals surface area contributed by atoms with Gasteiger partial charge in [-0.3, -0.25) is 4.79 Å². The molecule has 0 radical (unpaired) electrons. The van der Waals surface area contributed by atoms with Crippen molar-refractivity contribution >= 4 is 11.6 Å². The summed E-state index contributed by atoms with van der Waals surface area (Å²) in [5.74, 6) is 0.605. The average Bonchev–Trinajstić information content (AvgIpc) is 2.95. The van der Waals surface area contributed by atoms with Crippen LogP contribution in [0.1, 0.15) is 36.1 Å². The SMILES string of the molecule is CCOc1ccc(C(O)(C(=O)NN=C(c2ccccc2)c2ccccc2)c2ccc(OCC)cc2)cc1. The van der Waals surface area contributed by atoms with E-state index >= 15 is 0 Å². The molecule has 4 rings (SSSR count). The van der Waals surface area contributed by atoms with E-state index in [0.717, 1.165) is 11.1 Å². The van der Waals surface area contributed by atoms with Crippen molar-refractivity contribution in [1.82, 2.24) is 5.43 Å². The summed E-state index contributed by atoms with van der Waals surface area (Å²) in [7, 11) is 0. The van der Waals surface area contributed by atoms with E-state index < -0.39 is 11.5 Å². The van der Waals surface area contributed by atoms with E-state index in [9.17, 15) is 9.90 Å². The van der Waals surface area contributed by atoms with Gasteiger partial charge in [-0.1, -0.05) is 84.9 Å². The Morgan fingerprint density at radius 3 is 1.49 bits per heavy atom. The maximum atomic E-state index is 13.7. The maximum Gasteiger partial charge on any atom is 0.281 e. The molecule has 4 aromatic carbocycles. The zero-order valence-electron chi connectivity index (χ0n) is 20.9. The first-order valence-corrected chi connectivity index (χ1v) is 12.2. The van der Waals surface area contributed by atoms with Gasteiger partial charge in [0.2, 0.25) is 0 Å². The van der Waals surface area contributed by atoms with Crippen molar-refractivity contribution in [2.45, 2.75) is 19.4 Å². The molecule has 0 atom stereocenters. The van der Waals surface area contributed by atoms with Crippen LogP contribution in [0.4, 0.5) is 0 Å². The average molecular weight is 495 g/mol. The molecular weight excluding hydrogens is 464 g/mol. The van der Waals surface area contributed by atoms with Gasteiger partial charge in [-0.15, -0.1) is 0 Å². The van der Waals surface area contributed by atoms with Crippen LogP contribution < -0.4 is 14.9 Å². The summed E-state index contributed by atoms with van der Waals surface area (Å²) in [4.78, 5) is 13.7. The van der Waals surface area contributed by atoms with Gasteiger partial charge in [0.1, 0.15) is 11.5 Å². The highest BCUT2D eigenvalue weighted by molar-refractivity contribution is 6.13. The Bertz CT molecular complexity index is 1230. The third kappa shape index (κ3) is 5.88. The largest absolute Gasteiger partial charge is 0.494 e. The number of carbonyl (C=O) groups is 1. The lowest BCUT2D eigenvalue weighted by Crippen LogP contribution is -2.44. The molecule has 6 nitrogen and oxygen atoms in total. The van der Waals surface area contributed by atoms with E-state index in [1.165, 1.54) is 0 Å². The molecule has 0 saturated heterocycles. The van der Waals surface area contributed by atoms with Crippen molar-refractivity contribution in [3.63, 3.8) is 0 Å². The Balaban J connectivity index is 1.74. The minimum absolute atomic E-state index is 0.383. The number of hydrogen-bond donors (Lipinski definition) is 2. The fourth-order valence-corrected chi connectivity index (χ4v) is 4.02. The first-order chi connectivity index (χ1) is 18.1. The number of amides is 1. The van der Waals surface area contributed by atoms with Crippen LogP contribution in [-0.4, -0.2) is 29.9 Å². The Morgan fingerprint density at radius 2 is 1.11 bits per heavy atom. The minimum Gasteiger partial charge on any atom is -0.494 e. The van der Waals surface area contributed by atoms with Gasteiger partial charge in [-0.2, -0.15) is 5.10 Å². The molecule has 37 heavy (non-hydrogen) atoms. The zero-order valence-corrected chi connectivity index (χ0v) is 20.9. The highest BCUT2D eigenvalue weighted by Crippen LogP contribution is 2.32. The summed E-state index contributed by atoms with van der Waals surface area (Å²) in [5, 5.41) is 16.4. The molecule has 4 aromatic rings. The molecule has 2 N–H and O–H groups in total. The molecular formula is C31H30N2O4. The summed E-state index contributed by atoms with van der Waals surface area (Å²) >= 11 is 0. The van der Waals surface area contributed by atoms with E-state index in [0.29, 0.717) is 41.6 Å². The minimum atomic E-state index is -2.02. The number of ether oxygens (including phenoxy) is 2. The molecule has 0 aliphatic carbocycles. The normalized spacial score (nSPS) is 10.9. The number of hydrogen-bond acceptors (Lipinski definition) is 5. The summed E-state index contributed by atoms with van der Waals surface area (Å²) in [5.41, 5.74) is 3.63. The lowest BCUT2D eigenvalue weighted by atomic mass is 9.85. The number of carbonyl (C=O) groups excluding carboxylic acids is 1. The molecule has 1 amide bonds. The first-order valence-electron chi connectivity index (χ1n) is 12.2. The van der Waals surface area contributed by atoms with Gasteiger partial charge >= 0.3 is 0 Å². The lowest BCUT2D eigenvalue weighted by molar-refractivity contribution is -0.136. The maximum absolute atomic E-state index is 13.7. The molecule has 0 aliphatic rings. The van der Waals surface area contributed by atoms with E-state index in [-0.39, 0.29) is 0 Å². The van der Waals surface area contributed by atoms with Crippen molar-refractivity contribution in [2.24, 2.45) is 5.10 Å². The first kappa shape index (κ1) is 25.7. The molecule has 0 unspecified atom stereocenters. The van der Waals surface area contributed by atoms with Crippen LogP contribution in [0, 0.1) is 0 Å². The van der Waals surface area contributed by atoms with Gasteiger partial charge in [-0.25, -0.2) is 5.43 Å². The van der Waals surface area contributed by atoms with Gasteiger partial charge in [0.05, 0.1) is 18.9 Å². The third-order valence-corrected chi connectivity index (χ3v) is 5.86. The van der Waals surface area contributed by atoms with Crippen LogP contribution >= 0.6 is 0 Å². The second-order valence-corrected chi connectivity index (χ2v) is 8.26. The number of hydrazone groups is 1. The molecule has 0 fully saturated rings. The number of nitrogens with one attached hydrogen (secondary N) is 1. The summed E-state index contributed by atoms with van der Waals surface area (Å²) in [6.45, 7) is 4.82. The van der Waals surface area contributed by atoms with Crippen molar-refractivity contribution in [3.05, 3.63) is 131 Å². The van der Waals surface area contributed by atoms with Gasteiger partial charge in [0, 0.05) is 11.1 Å². The summed E-state index contributed by atoms with van der Waals surface area (Å²) < 4.78 is 11.1. The predicted molar refractivity (Wildman–Crippen MR) is 145 cm³/mol. The second kappa shape index (κ2) is 12.0. The van der Waals surface area contributed by atoms with Gasteiger partial charge in [0.15, 0.2) is 5.60 Å². The van der Waals surface area contributed by atoms with E-state index in [1.807, 2.05) is 74.5 Å². The van der Waals surface area contributed by atoms with Crippen molar-refractivity contribution in [3.8, 4) is 11.5 Å². The molecule has 0 heterocycles. The van der Waals surface area contributed by atoms with Gasteiger partial charge in [0.25, 0.3) is 5.91 Å². The van der Waals surface area contributed by atoms with Crippen LogP contribution in [-0.2, 0) is 10.4 Å². The fourth-order valence-electron chi connectivity index (χ4n) is 4.02. The summed E-state index contributed by atoms with van der Waals surface area (Å²) in [6.07, 6.45) is 0. The topological polar surface area (TPSA) is 80.2 Å². The smallest absolute Gasteiger partial charge is 0.281 e. The fraction of sp³-hybridized carbons (Fsp3) is 0.161. The number of nitrogens with zero attached hydrogens (tertiary/aromatic N) is 1. The Morgan fingerprint density at radius 1 is 0.703 bits per heavy atom. The number of aliphatic hydroxyl groups is 1. The molecule has 0 spiro atoms. The van der Waals surface area contributed by atoms with Crippen LogP contribution in [0.25, 0.3) is 0 Å². The second-order valence-electron chi connectivity index (χ2n) is 8.26. The van der Waals surface area contributed by atoms with E-state index in [1.54, 1.807) is 48.5 Å². The molecule has 0 aliphatic heterocycles. The van der Waals surface area contributed by atoms with Gasteiger partial charge in [-0.05, 0) is 49.2 Å². The highest BCUT2D eigenvalue weighted by atomic mass is 16.5. The Kier molecular flexibility index (Phi) is 8.33. The Hall–Kier alpha value is -4.42. The van der Waals surface area contributed by atoms with E-state index in [4.69, 9.17) is 9.47 Å². The van der Waals surface area contributed by atoms with E-state index in [2.05, 4.69) is 10.5 Å². The molecule has 0 saturated carbocycles. The third-order valence-electron chi connectivity index (χ3n) is 5.86. The molecule has 0 bridgehead atoms. The standard InChI is InChI=1S/C31H30N2O4/c1-3-36-27-19-15-25(16-20-27)31(35,26-17-21-28(22-18-26)37-4-2)30(34)33-32-29(23-11-7-5-8-12-23)24-13-9-6-10-14-24/h5-22,35H,3-4H2,1-2H3,(H,33,34). The van der Waals surface area contributed by atoms with Crippen LogP contribution in [0.15, 0.2) is 114 Å². The zero-order chi connectivity index (χ0) is 26.1. The van der Waals surface area contributed by atoms with Crippen molar-refractivity contribution in [1.29, 1.82) is 0 Å². The predicted octanol–water partition coefficient (Wildman–Crippen LogP) is 5.29. The number of rotatable bonds is 10. The quantitative estimate of drug-likeness (QED) is 0.232. The molecule has 6 heteroatoms. The van der Waals surface area contributed by atoms with Crippen LogP contribution in [0.5, 0.6) is 11.5 Å². The lowest BCUT2D eigenvalue weighted by Gasteiger charge is -2.27. The van der Waals surface area contributed by atoms with Crippen molar-refractivity contribution < 1.29 is 19.4 Å². The van der Waals surface area contributed by atoms with Crippen molar-refractivity contribution in [2.75, 3.05) is 13.2 Å². The molecule has 188 valence electrons. The highest BCUT2D eigenvalue weighted by Gasteiger charge is 2.40.